The van der Waals surface area contributed by atoms with Crippen molar-refractivity contribution in [3.63, 3.8) is 0 Å². The summed E-state index contributed by atoms with van der Waals surface area (Å²) < 4.78 is 32.2. The van der Waals surface area contributed by atoms with Crippen molar-refractivity contribution in [3.05, 3.63) is 65.4 Å². The summed E-state index contributed by atoms with van der Waals surface area (Å²) >= 11 is 0. The first-order valence-corrected chi connectivity index (χ1v) is 10.7. The number of nitrogens with zero attached hydrogens (tertiary/aromatic N) is 2. The molecule has 0 bridgehead atoms. The van der Waals surface area contributed by atoms with Crippen molar-refractivity contribution >= 4 is 11.0 Å². The number of piperidine rings is 1. The molecule has 0 saturated carbocycles. The highest BCUT2D eigenvalue weighted by Crippen LogP contribution is 2.30. The third kappa shape index (κ3) is 4.95. The third-order valence-electron chi connectivity index (χ3n) is 6.22. The predicted molar refractivity (Wildman–Crippen MR) is 115 cm³/mol. The first-order valence-electron chi connectivity index (χ1n) is 10.7. The van der Waals surface area contributed by atoms with E-state index < -0.39 is 5.60 Å². The molecule has 1 aliphatic rings. The van der Waals surface area contributed by atoms with Crippen LogP contribution in [0.2, 0.25) is 0 Å². The predicted octanol–water partition coefficient (Wildman–Crippen LogP) is 4.55. The zero-order chi connectivity index (χ0) is 21.8. The number of likely N-dealkylation sites (tertiary alicyclic amines) is 1. The van der Waals surface area contributed by atoms with Crippen LogP contribution in [0.25, 0.3) is 11.0 Å². The highest BCUT2D eigenvalue weighted by Gasteiger charge is 2.36. The molecule has 1 aliphatic heterocycles. The molecule has 0 amide bonds. The standard InChI is InChI=1S/C25H26F2N2O2/c1-18(8-9-19-5-2-3-6-22(19)27)25(30)12-15-29(16-13-25)14-4-7-23-21-11-10-20(26)17-24(21)31-28-23/h2-3,5-6,10-11,17-18,30H,4,7,12-16H2,1H3. The SMILES string of the molecule is CC(C#Cc1ccccc1F)C1(O)CCN(CCCc2noc3cc(F)ccc23)CC1. The Morgan fingerprint density at radius 1 is 1.19 bits per heavy atom. The van der Waals surface area contributed by atoms with E-state index in [9.17, 15) is 13.9 Å². The van der Waals surface area contributed by atoms with Crippen LogP contribution in [0.5, 0.6) is 0 Å². The molecule has 0 spiro atoms. The third-order valence-corrected chi connectivity index (χ3v) is 6.22. The highest BCUT2D eigenvalue weighted by molar-refractivity contribution is 5.79. The average molecular weight is 424 g/mol. The Balaban J connectivity index is 1.27. The topological polar surface area (TPSA) is 49.5 Å². The molecule has 3 aromatic rings. The van der Waals surface area contributed by atoms with Crippen molar-refractivity contribution in [2.45, 2.75) is 38.2 Å². The molecule has 2 aromatic carbocycles. The van der Waals surface area contributed by atoms with Crippen LogP contribution in [0.15, 0.2) is 47.0 Å². The van der Waals surface area contributed by atoms with Crippen molar-refractivity contribution in [2.24, 2.45) is 5.92 Å². The number of benzene rings is 2. The second-order valence-corrected chi connectivity index (χ2v) is 8.29. The normalized spacial score (nSPS) is 17.3. The van der Waals surface area contributed by atoms with Gasteiger partial charge in [0.25, 0.3) is 0 Å². The molecule has 1 aromatic heterocycles. The molecule has 2 heterocycles. The lowest BCUT2D eigenvalue weighted by atomic mass is 9.80. The maximum Gasteiger partial charge on any atom is 0.170 e. The zero-order valence-corrected chi connectivity index (χ0v) is 17.6. The average Bonchev–Trinajstić information content (AvgIpc) is 3.16. The fourth-order valence-electron chi connectivity index (χ4n) is 4.09. The summed E-state index contributed by atoms with van der Waals surface area (Å²) in [6.07, 6.45) is 2.92. The lowest BCUT2D eigenvalue weighted by molar-refractivity contribution is -0.0455. The van der Waals surface area contributed by atoms with Gasteiger partial charge in [-0.15, -0.1) is 0 Å². The van der Waals surface area contributed by atoms with Gasteiger partial charge in [-0.3, -0.25) is 0 Å². The number of fused-ring (bicyclic) bond motifs is 1. The number of aromatic nitrogens is 1. The summed E-state index contributed by atoms with van der Waals surface area (Å²) in [6, 6.07) is 10.9. The van der Waals surface area contributed by atoms with Gasteiger partial charge in [-0.05, 0) is 63.4 Å². The first-order chi connectivity index (χ1) is 14.9. The van der Waals surface area contributed by atoms with E-state index >= 15 is 0 Å². The van der Waals surface area contributed by atoms with Gasteiger partial charge >= 0.3 is 0 Å². The number of aryl methyl sites for hydroxylation is 1. The second-order valence-electron chi connectivity index (χ2n) is 8.29. The van der Waals surface area contributed by atoms with E-state index in [0.29, 0.717) is 24.0 Å². The van der Waals surface area contributed by atoms with E-state index in [1.807, 2.05) is 6.92 Å². The molecular weight excluding hydrogens is 398 g/mol. The Bertz CT molecular complexity index is 1110. The van der Waals surface area contributed by atoms with Crippen LogP contribution in [0.1, 0.15) is 37.4 Å². The lowest BCUT2D eigenvalue weighted by Gasteiger charge is -2.40. The number of hydrogen-bond donors (Lipinski definition) is 1. The van der Waals surface area contributed by atoms with Gasteiger partial charge in [0.2, 0.25) is 0 Å². The molecule has 6 heteroatoms. The van der Waals surface area contributed by atoms with Crippen LogP contribution in [0, 0.1) is 29.4 Å². The van der Waals surface area contributed by atoms with Gasteiger partial charge in [0, 0.05) is 30.5 Å². The number of aliphatic hydroxyl groups is 1. The van der Waals surface area contributed by atoms with Gasteiger partial charge in [-0.2, -0.15) is 0 Å². The highest BCUT2D eigenvalue weighted by atomic mass is 19.1. The van der Waals surface area contributed by atoms with E-state index in [-0.39, 0.29) is 17.6 Å². The van der Waals surface area contributed by atoms with Crippen molar-refractivity contribution in [1.82, 2.24) is 10.1 Å². The summed E-state index contributed by atoms with van der Waals surface area (Å²) in [5.41, 5.74) is 0.823. The summed E-state index contributed by atoms with van der Waals surface area (Å²) in [5.74, 6) is 5.01. The van der Waals surface area contributed by atoms with Gasteiger partial charge in [-0.1, -0.05) is 29.1 Å². The minimum atomic E-state index is -0.860. The van der Waals surface area contributed by atoms with E-state index in [4.69, 9.17) is 4.52 Å². The molecule has 1 unspecified atom stereocenters. The van der Waals surface area contributed by atoms with E-state index in [0.717, 1.165) is 43.6 Å². The van der Waals surface area contributed by atoms with Crippen molar-refractivity contribution in [3.8, 4) is 11.8 Å². The number of rotatable bonds is 5. The minimum absolute atomic E-state index is 0.240. The summed E-state index contributed by atoms with van der Waals surface area (Å²) in [4.78, 5) is 2.33. The molecule has 0 radical (unpaired) electrons. The lowest BCUT2D eigenvalue weighted by Crippen LogP contribution is -2.48. The summed E-state index contributed by atoms with van der Waals surface area (Å²) in [7, 11) is 0. The Hall–Kier alpha value is -2.75. The molecular formula is C25H26F2N2O2. The Kier molecular flexibility index (Phi) is 6.35. The van der Waals surface area contributed by atoms with E-state index in [1.54, 1.807) is 24.3 Å². The maximum absolute atomic E-state index is 13.8. The van der Waals surface area contributed by atoms with Gasteiger partial charge in [-0.25, -0.2) is 8.78 Å². The Labute approximate surface area is 180 Å². The molecule has 1 fully saturated rings. The van der Waals surface area contributed by atoms with Crippen molar-refractivity contribution < 1.29 is 18.4 Å². The first kappa shape index (κ1) is 21.5. The molecule has 1 N–H and O–H groups in total. The van der Waals surface area contributed by atoms with Gasteiger partial charge < -0.3 is 14.5 Å². The summed E-state index contributed by atoms with van der Waals surface area (Å²) in [5, 5.41) is 16.0. The van der Waals surface area contributed by atoms with Crippen LogP contribution in [0.4, 0.5) is 8.78 Å². The van der Waals surface area contributed by atoms with Crippen molar-refractivity contribution in [2.75, 3.05) is 19.6 Å². The van der Waals surface area contributed by atoms with Gasteiger partial charge in [0.05, 0.1) is 16.9 Å². The van der Waals surface area contributed by atoms with Crippen LogP contribution in [0.3, 0.4) is 0 Å². The number of halogens is 2. The largest absolute Gasteiger partial charge is 0.389 e. The second kappa shape index (κ2) is 9.17. The molecule has 4 rings (SSSR count). The van der Waals surface area contributed by atoms with Gasteiger partial charge in [0.15, 0.2) is 5.58 Å². The Morgan fingerprint density at radius 2 is 1.97 bits per heavy atom. The molecule has 162 valence electrons. The molecule has 0 aliphatic carbocycles. The smallest absolute Gasteiger partial charge is 0.170 e. The van der Waals surface area contributed by atoms with Crippen LogP contribution in [-0.4, -0.2) is 40.4 Å². The van der Waals surface area contributed by atoms with Crippen LogP contribution >= 0.6 is 0 Å². The quantitative estimate of drug-likeness (QED) is 0.611. The molecule has 1 atom stereocenters. The molecule has 1 saturated heterocycles. The molecule has 4 nitrogen and oxygen atoms in total. The fourth-order valence-corrected chi connectivity index (χ4v) is 4.09. The minimum Gasteiger partial charge on any atom is -0.389 e. The van der Waals surface area contributed by atoms with Crippen molar-refractivity contribution in [1.29, 1.82) is 0 Å². The fraction of sp³-hybridized carbons (Fsp3) is 0.400. The summed E-state index contributed by atoms with van der Waals surface area (Å²) in [6.45, 7) is 4.36. The van der Waals surface area contributed by atoms with Crippen LogP contribution < -0.4 is 0 Å². The maximum atomic E-state index is 13.8. The number of hydrogen-bond acceptors (Lipinski definition) is 4. The zero-order valence-electron chi connectivity index (χ0n) is 17.6. The van der Waals surface area contributed by atoms with E-state index in [2.05, 4.69) is 21.9 Å². The Morgan fingerprint density at radius 3 is 2.74 bits per heavy atom. The van der Waals surface area contributed by atoms with Crippen LogP contribution in [-0.2, 0) is 6.42 Å². The van der Waals surface area contributed by atoms with Gasteiger partial charge in [0.1, 0.15) is 11.6 Å². The monoisotopic (exact) mass is 424 g/mol. The molecule has 31 heavy (non-hydrogen) atoms. The van der Waals surface area contributed by atoms with E-state index in [1.165, 1.54) is 18.2 Å².